The highest BCUT2D eigenvalue weighted by atomic mass is 19.3. The summed E-state index contributed by atoms with van der Waals surface area (Å²) < 4.78 is 56.9. The van der Waals surface area contributed by atoms with Crippen LogP contribution in [0.1, 0.15) is 50.1 Å². The van der Waals surface area contributed by atoms with Crippen molar-refractivity contribution in [2.24, 2.45) is 0 Å². The van der Waals surface area contributed by atoms with Gasteiger partial charge in [-0.25, -0.2) is 28.3 Å². The molecule has 1 N–H and O–H groups in total. The summed E-state index contributed by atoms with van der Waals surface area (Å²) in [5.41, 5.74) is 0.846. The Kier molecular flexibility index (Phi) is 11.4. The lowest BCUT2D eigenvalue weighted by Gasteiger charge is -2.37. The van der Waals surface area contributed by atoms with Crippen molar-refractivity contribution in [3.05, 3.63) is 171 Å². The van der Waals surface area contributed by atoms with Gasteiger partial charge in [-0.15, -0.1) is 0 Å². The van der Waals surface area contributed by atoms with Crippen molar-refractivity contribution in [1.29, 1.82) is 0 Å². The van der Waals surface area contributed by atoms with Gasteiger partial charge in [-0.1, -0.05) is 67.6 Å². The summed E-state index contributed by atoms with van der Waals surface area (Å²) in [7, 11) is 0. The number of rotatable bonds is 14. The van der Waals surface area contributed by atoms with E-state index in [0.717, 1.165) is 73.4 Å². The molecule has 8 rings (SSSR count). The minimum atomic E-state index is -3.81. The van der Waals surface area contributed by atoms with Crippen LogP contribution >= 0.6 is 0 Å². The molecule has 61 heavy (non-hydrogen) atoms. The maximum absolute atomic E-state index is 16.5. The number of hydrogen-bond acceptors (Lipinski definition) is 9. The van der Waals surface area contributed by atoms with Gasteiger partial charge in [0.25, 0.3) is 0 Å². The smallest absolute Gasteiger partial charge is 0.362 e. The molecule has 1 aliphatic rings. The Morgan fingerprint density at radius 1 is 0.803 bits per heavy atom. The molecule has 0 aliphatic carbocycles. The summed E-state index contributed by atoms with van der Waals surface area (Å²) in [6.07, 6.45) is 3.39. The van der Waals surface area contributed by atoms with Crippen LogP contribution in [0.2, 0.25) is 0 Å². The highest BCUT2D eigenvalue weighted by molar-refractivity contribution is 5.66. The first-order chi connectivity index (χ1) is 29.5. The Labute approximate surface area is 349 Å². The van der Waals surface area contributed by atoms with Crippen molar-refractivity contribution >= 4 is 11.4 Å². The van der Waals surface area contributed by atoms with Crippen molar-refractivity contribution in [2.45, 2.75) is 57.4 Å². The standard InChI is InChI=1S/C45H45F3N10O3/c1-4-40(31(2)61-29-32-9-6-5-7-10-32)57-43(60)56(30-50-57)39-20-18-38(19-21-39)55-25-23-54(24-26-55)37-16-13-33(14-17-37)34-15-22-41(49-28-34)45(47,48)44(3,58-42(59)51-52-53-58)35-11-8-12-36(46)27-35/h5-22,27-28,30-31,40H,4,23-26,29H2,1-3H3,(H,51,53,59)/t31-,40-,44?/m0/s1. The summed E-state index contributed by atoms with van der Waals surface area (Å²) in [6.45, 7) is 8.69. The number of nitrogens with zero attached hydrogens (tertiary/aromatic N) is 9. The van der Waals surface area contributed by atoms with Crippen LogP contribution in [0.4, 0.5) is 24.5 Å². The predicted molar refractivity (Wildman–Crippen MR) is 226 cm³/mol. The van der Waals surface area contributed by atoms with E-state index in [9.17, 15) is 14.0 Å². The molecule has 4 aromatic carbocycles. The van der Waals surface area contributed by atoms with Crippen LogP contribution in [0.5, 0.6) is 0 Å². The van der Waals surface area contributed by atoms with E-state index >= 15 is 8.78 Å². The van der Waals surface area contributed by atoms with Gasteiger partial charge in [0.1, 0.15) is 17.8 Å². The van der Waals surface area contributed by atoms with E-state index in [1.165, 1.54) is 29.1 Å². The number of hydrogen-bond donors (Lipinski definition) is 1. The molecule has 314 valence electrons. The summed E-state index contributed by atoms with van der Waals surface area (Å²) in [5, 5.41) is 13.5. The van der Waals surface area contributed by atoms with Crippen molar-refractivity contribution < 1.29 is 17.9 Å². The number of piperazine rings is 1. The number of pyridine rings is 1. The maximum Gasteiger partial charge on any atom is 0.362 e. The third-order valence-corrected chi connectivity index (χ3v) is 11.6. The lowest BCUT2D eigenvalue weighted by atomic mass is 9.83. The number of ether oxygens (including phenoxy) is 1. The van der Waals surface area contributed by atoms with Crippen LogP contribution in [0, 0.1) is 5.82 Å². The molecule has 4 heterocycles. The Morgan fingerprint density at radius 3 is 2.03 bits per heavy atom. The molecule has 0 saturated carbocycles. The van der Waals surface area contributed by atoms with Crippen LogP contribution in [0.3, 0.4) is 0 Å². The molecule has 1 fully saturated rings. The number of aromatic nitrogens is 8. The third kappa shape index (κ3) is 7.98. The molecule has 0 spiro atoms. The van der Waals surface area contributed by atoms with Crippen LogP contribution in [-0.4, -0.2) is 71.8 Å². The predicted octanol–water partition coefficient (Wildman–Crippen LogP) is 6.95. The summed E-state index contributed by atoms with van der Waals surface area (Å²) in [6, 6.07) is 32.9. The van der Waals surface area contributed by atoms with E-state index in [2.05, 4.69) is 35.4 Å². The lowest BCUT2D eigenvalue weighted by Crippen LogP contribution is -2.51. The largest absolute Gasteiger partial charge is 0.372 e. The molecular formula is C45H45F3N10O3. The van der Waals surface area contributed by atoms with E-state index in [1.807, 2.05) is 92.7 Å². The summed E-state index contributed by atoms with van der Waals surface area (Å²) >= 11 is 0. The average Bonchev–Trinajstić information content (AvgIpc) is 3.91. The van der Waals surface area contributed by atoms with Gasteiger partial charge in [0.2, 0.25) is 0 Å². The molecule has 7 aromatic rings. The number of nitrogens with one attached hydrogen (secondary N) is 1. The van der Waals surface area contributed by atoms with Crippen molar-refractivity contribution in [3.8, 4) is 16.8 Å². The second-order valence-corrected chi connectivity index (χ2v) is 15.3. The minimum absolute atomic E-state index is 0.177. The van der Waals surface area contributed by atoms with Crippen LogP contribution in [0.15, 0.2) is 137 Å². The number of H-pyrrole nitrogens is 1. The molecule has 13 nitrogen and oxygen atoms in total. The first kappa shape index (κ1) is 40.9. The highest BCUT2D eigenvalue weighted by Gasteiger charge is 2.57. The van der Waals surface area contributed by atoms with E-state index in [4.69, 9.17) is 4.74 Å². The fraction of sp³-hybridized carbons (Fsp3) is 0.289. The third-order valence-electron chi connectivity index (χ3n) is 11.6. The van der Waals surface area contributed by atoms with E-state index < -0.39 is 28.7 Å². The molecule has 0 bridgehead atoms. The Morgan fingerprint density at radius 2 is 1.44 bits per heavy atom. The zero-order valence-corrected chi connectivity index (χ0v) is 33.9. The van der Waals surface area contributed by atoms with Gasteiger partial charge < -0.3 is 14.5 Å². The van der Waals surface area contributed by atoms with Crippen LogP contribution < -0.4 is 21.2 Å². The van der Waals surface area contributed by atoms with Gasteiger partial charge in [-0.2, -0.15) is 18.6 Å². The fourth-order valence-corrected chi connectivity index (χ4v) is 7.97. The normalized spacial score (nSPS) is 15.4. The molecule has 0 radical (unpaired) electrons. The lowest BCUT2D eigenvalue weighted by molar-refractivity contribution is -0.103. The topological polar surface area (TPSA) is 132 Å². The monoisotopic (exact) mass is 830 g/mol. The number of tetrazole rings is 1. The van der Waals surface area contributed by atoms with Crippen molar-refractivity contribution in [3.63, 3.8) is 0 Å². The van der Waals surface area contributed by atoms with E-state index in [1.54, 1.807) is 17.0 Å². The first-order valence-corrected chi connectivity index (χ1v) is 20.1. The van der Waals surface area contributed by atoms with Crippen molar-refractivity contribution in [2.75, 3.05) is 36.0 Å². The molecule has 16 heteroatoms. The summed E-state index contributed by atoms with van der Waals surface area (Å²) in [4.78, 5) is 34.8. The van der Waals surface area contributed by atoms with Gasteiger partial charge in [-0.05, 0) is 102 Å². The second-order valence-electron chi connectivity index (χ2n) is 15.3. The minimum Gasteiger partial charge on any atom is -0.372 e. The van der Waals surface area contributed by atoms with Crippen LogP contribution in [-0.2, 0) is 22.8 Å². The Bertz CT molecular complexity index is 2670. The number of aromatic amines is 1. The Hall–Kier alpha value is -6.81. The van der Waals surface area contributed by atoms with Gasteiger partial charge >= 0.3 is 17.3 Å². The number of alkyl halides is 2. The zero-order chi connectivity index (χ0) is 42.7. The van der Waals surface area contributed by atoms with Gasteiger partial charge in [-0.3, -0.25) is 4.98 Å². The van der Waals surface area contributed by atoms with Gasteiger partial charge in [0.05, 0.1) is 24.4 Å². The maximum atomic E-state index is 16.5. The summed E-state index contributed by atoms with van der Waals surface area (Å²) in [5.74, 6) is -4.55. The number of benzene rings is 4. The molecular weight excluding hydrogens is 786 g/mol. The Balaban J connectivity index is 0.891. The SMILES string of the molecule is CC[C@@H]([C@H](C)OCc1ccccc1)n1ncn(-c2ccc(N3CCN(c4ccc(-c5ccc(C(F)(F)C(C)(c6cccc(F)c6)n6nn[nH]c6=O)nc5)cc4)CC3)cc2)c1=O. The quantitative estimate of drug-likeness (QED) is 0.124. The number of halogens is 3. The zero-order valence-electron chi connectivity index (χ0n) is 33.9. The van der Waals surface area contributed by atoms with E-state index in [0.29, 0.717) is 23.3 Å². The van der Waals surface area contributed by atoms with Gasteiger partial charge in [0.15, 0.2) is 5.54 Å². The molecule has 1 aliphatic heterocycles. The second kappa shape index (κ2) is 17.0. The molecule has 1 saturated heterocycles. The first-order valence-electron chi connectivity index (χ1n) is 20.1. The highest BCUT2D eigenvalue weighted by Crippen LogP contribution is 2.46. The average molecular weight is 831 g/mol. The van der Waals surface area contributed by atoms with Crippen LogP contribution in [0.25, 0.3) is 16.8 Å². The van der Waals surface area contributed by atoms with E-state index in [-0.39, 0.29) is 23.4 Å². The fourth-order valence-electron chi connectivity index (χ4n) is 7.97. The van der Waals surface area contributed by atoms with Gasteiger partial charge in [0, 0.05) is 49.3 Å². The molecule has 1 unspecified atom stereocenters. The van der Waals surface area contributed by atoms with Crippen molar-refractivity contribution in [1.82, 2.24) is 39.5 Å². The molecule has 0 amide bonds. The number of anilines is 2. The molecule has 3 atom stereocenters. The molecule has 3 aromatic heterocycles.